The van der Waals surface area contributed by atoms with Crippen molar-refractivity contribution in [1.29, 1.82) is 0 Å². The van der Waals surface area contributed by atoms with Gasteiger partial charge in [-0.2, -0.15) is 4.98 Å². The minimum Gasteiger partial charge on any atom is -0.394 e. The van der Waals surface area contributed by atoms with Crippen LogP contribution in [-0.4, -0.2) is 93.2 Å². The van der Waals surface area contributed by atoms with E-state index in [4.69, 9.17) is 41.8 Å². The Labute approximate surface area is 255 Å². The third kappa shape index (κ3) is 6.19. The fraction of sp³-hybridized carbons (Fsp3) is 0.583. The SMILES string of the molecule is CCCCN[C@H]1C[C@H](n2cnc3c(N)ncnc32)O[C@@H]1COP(O)(=S)O[C@H]1C[C@H](n2cnc3c(=O)[nH]c(N)nc32)O[C@@H]1CO. The normalized spacial score (nSPS) is 27.0. The topological polar surface area (TPSA) is 249 Å². The fourth-order valence-electron chi connectivity index (χ4n) is 5.48. The third-order valence-corrected chi connectivity index (χ3v) is 9.25. The first kappa shape index (κ1) is 30.9. The second kappa shape index (κ2) is 12.7. The van der Waals surface area contributed by atoms with Crippen molar-refractivity contribution >= 4 is 52.6 Å². The summed E-state index contributed by atoms with van der Waals surface area (Å²) in [5.41, 5.74) is 12.5. The van der Waals surface area contributed by atoms with E-state index in [9.17, 15) is 14.8 Å². The first-order chi connectivity index (χ1) is 21.2. The van der Waals surface area contributed by atoms with Gasteiger partial charge in [0.1, 0.15) is 30.4 Å². The van der Waals surface area contributed by atoms with Gasteiger partial charge in [-0.1, -0.05) is 13.3 Å². The van der Waals surface area contributed by atoms with Gasteiger partial charge in [0.25, 0.3) is 5.56 Å². The summed E-state index contributed by atoms with van der Waals surface area (Å²) < 4.78 is 27.3. The highest BCUT2D eigenvalue weighted by Crippen LogP contribution is 2.49. The number of nitrogens with one attached hydrogen (secondary N) is 2. The van der Waals surface area contributed by atoms with E-state index < -0.39 is 49.7 Å². The van der Waals surface area contributed by atoms with Crippen LogP contribution in [0.15, 0.2) is 23.8 Å². The first-order valence-corrected chi connectivity index (χ1v) is 16.7. The Morgan fingerprint density at radius 1 is 1.11 bits per heavy atom. The van der Waals surface area contributed by atoms with Gasteiger partial charge < -0.3 is 45.3 Å². The molecule has 0 aliphatic carbocycles. The summed E-state index contributed by atoms with van der Waals surface area (Å²) in [6.07, 6.45) is 3.81. The van der Waals surface area contributed by atoms with Crippen molar-refractivity contribution in [2.45, 2.75) is 69.4 Å². The molecule has 2 aliphatic heterocycles. The Morgan fingerprint density at radius 3 is 2.61 bits per heavy atom. The predicted octanol–water partition coefficient (Wildman–Crippen LogP) is 0.0681. The maximum absolute atomic E-state index is 12.2. The van der Waals surface area contributed by atoms with Gasteiger partial charge in [-0.3, -0.25) is 18.9 Å². The molecule has 0 bridgehead atoms. The summed E-state index contributed by atoms with van der Waals surface area (Å²) in [4.78, 5) is 46.6. The fourth-order valence-corrected chi connectivity index (χ4v) is 6.96. The van der Waals surface area contributed by atoms with Crippen molar-refractivity contribution in [3.8, 4) is 0 Å². The van der Waals surface area contributed by atoms with Crippen LogP contribution < -0.4 is 22.3 Å². The Hall–Kier alpha value is -3.13. The summed E-state index contributed by atoms with van der Waals surface area (Å²) in [6.45, 7) is -1.43. The number of hydrogen-bond donors (Lipinski definition) is 6. The van der Waals surface area contributed by atoms with E-state index in [1.54, 1.807) is 10.9 Å². The van der Waals surface area contributed by atoms with Crippen molar-refractivity contribution < 1.29 is 28.5 Å². The van der Waals surface area contributed by atoms with Crippen molar-refractivity contribution in [2.24, 2.45) is 0 Å². The lowest BCUT2D eigenvalue weighted by atomic mass is 10.1. The van der Waals surface area contributed by atoms with Gasteiger partial charge in [0.05, 0.1) is 38.1 Å². The largest absolute Gasteiger partial charge is 0.394 e. The molecule has 20 heteroatoms. The summed E-state index contributed by atoms with van der Waals surface area (Å²) >= 11 is 5.37. The molecule has 0 spiro atoms. The van der Waals surface area contributed by atoms with Gasteiger partial charge in [0, 0.05) is 18.9 Å². The van der Waals surface area contributed by atoms with Crippen LogP contribution in [-0.2, 0) is 30.3 Å². The van der Waals surface area contributed by atoms with Crippen LogP contribution >= 0.6 is 6.72 Å². The Morgan fingerprint density at radius 2 is 1.84 bits per heavy atom. The lowest BCUT2D eigenvalue weighted by Crippen LogP contribution is -2.39. The molecular weight excluding hydrogens is 617 g/mol. The Kier molecular flexibility index (Phi) is 8.91. The molecule has 44 heavy (non-hydrogen) atoms. The number of ether oxygens (including phenoxy) is 2. The van der Waals surface area contributed by atoms with Crippen LogP contribution in [0, 0.1) is 0 Å². The number of aliphatic hydroxyl groups excluding tert-OH is 1. The molecule has 2 aliphatic rings. The molecule has 4 aromatic rings. The second-order valence-corrected chi connectivity index (χ2v) is 13.4. The second-order valence-electron chi connectivity index (χ2n) is 10.6. The van der Waals surface area contributed by atoms with Crippen LogP contribution in [0.5, 0.6) is 0 Å². The molecule has 0 saturated carbocycles. The van der Waals surface area contributed by atoms with Gasteiger partial charge in [-0.05, 0) is 24.8 Å². The maximum atomic E-state index is 12.2. The van der Waals surface area contributed by atoms with E-state index in [0.29, 0.717) is 17.6 Å². The van der Waals surface area contributed by atoms with Crippen LogP contribution in [0.4, 0.5) is 11.8 Å². The number of hydrogen-bond acceptors (Lipinski definition) is 15. The molecule has 6 heterocycles. The van der Waals surface area contributed by atoms with Crippen molar-refractivity contribution in [2.75, 3.05) is 31.2 Å². The zero-order valence-electron chi connectivity index (χ0n) is 23.7. The monoisotopic (exact) mass is 651 g/mol. The predicted molar refractivity (Wildman–Crippen MR) is 160 cm³/mol. The van der Waals surface area contributed by atoms with Crippen LogP contribution in [0.3, 0.4) is 0 Å². The number of aromatic nitrogens is 8. The zero-order chi connectivity index (χ0) is 31.0. The summed E-state index contributed by atoms with van der Waals surface area (Å²) in [7, 11) is 0. The number of aromatic amines is 1. The molecule has 2 saturated heterocycles. The molecule has 0 radical (unpaired) electrons. The van der Waals surface area contributed by atoms with Crippen LogP contribution in [0.1, 0.15) is 45.1 Å². The van der Waals surface area contributed by atoms with E-state index in [1.807, 2.05) is 0 Å². The number of nitrogens with two attached hydrogens (primary N) is 2. The number of anilines is 2. The Bertz CT molecular complexity index is 1730. The third-order valence-electron chi connectivity index (χ3n) is 7.66. The molecule has 238 valence electrons. The highest BCUT2D eigenvalue weighted by Gasteiger charge is 2.42. The van der Waals surface area contributed by atoms with E-state index >= 15 is 0 Å². The molecule has 0 aromatic carbocycles. The van der Waals surface area contributed by atoms with E-state index in [-0.39, 0.29) is 42.0 Å². The number of rotatable bonds is 12. The maximum Gasteiger partial charge on any atom is 0.324 e. The zero-order valence-corrected chi connectivity index (χ0v) is 25.4. The molecular formula is C24H34N11O7PS. The smallest absolute Gasteiger partial charge is 0.324 e. The number of nitrogen functional groups attached to an aromatic ring is 2. The van der Waals surface area contributed by atoms with Gasteiger partial charge in [-0.15, -0.1) is 0 Å². The van der Waals surface area contributed by atoms with Crippen molar-refractivity contribution in [3.05, 3.63) is 29.3 Å². The number of nitrogens with zero attached hydrogens (tertiary/aromatic N) is 7. The van der Waals surface area contributed by atoms with E-state index in [0.717, 1.165) is 19.4 Å². The quantitative estimate of drug-likeness (QED) is 0.0876. The number of unbranched alkanes of at least 4 members (excludes halogenated alkanes) is 1. The summed E-state index contributed by atoms with van der Waals surface area (Å²) in [5.74, 6) is 0.197. The van der Waals surface area contributed by atoms with Gasteiger partial charge >= 0.3 is 6.72 Å². The van der Waals surface area contributed by atoms with Crippen molar-refractivity contribution in [1.82, 2.24) is 44.4 Å². The van der Waals surface area contributed by atoms with Gasteiger partial charge in [0.2, 0.25) is 5.95 Å². The number of fused-ring (bicyclic) bond motifs is 2. The van der Waals surface area contributed by atoms with E-state index in [1.165, 1.54) is 17.2 Å². The molecule has 6 rings (SSSR count). The summed E-state index contributed by atoms with van der Waals surface area (Å²) in [5, 5.41) is 13.5. The molecule has 2 fully saturated rings. The van der Waals surface area contributed by atoms with Crippen molar-refractivity contribution in [3.63, 3.8) is 0 Å². The van der Waals surface area contributed by atoms with Gasteiger partial charge in [-0.25, -0.2) is 19.9 Å². The molecule has 4 aromatic heterocycles. The Balaban J connectivity index is 1.13. The lowest BCUT2D eigenvalue weighted by molar-refractivity contribution is -0.0452. The van der Waals surface area contributed by atoms with Gasteiger partial charge in [0.15, 0.2) is 22.6 Å². The molecule has 8 N–H and O–H groups in total. The van der Waals surface area contributed by atoms with Crippen LogP contribution in [0.25, 0.3) is 22.3 Å². The average molecular weight is 652 g/mol. The molecule has 7 atom stereocenters. The van der Waals surface area contributed by atoms with Crippen LogP contribution in [0.2, 0.25) is 0 Å². The minimum absolute atomic E-state index is 0.0588. The minimum atomic E-state index is -3.83. The lowest BCUT2D eigenvalue weighted by Gasteiger charge is -2.25. The number of H-pyrrole nitrogens is 1. The highest BCUT2D eigenvalue weighted by atomic mass is 32.5. The average Bonchev–Trinajstić information content (AvgIpc) is 3.77. The summed E-state index contributed by atoms with van der Waals surface area (Å²) in [6, 6.07) is -0.125. The first-order valence-electron chi connectivity index (χ1n) is 14.1. The standard InChI is InChI=1S/C24H34N11O7PS/c1-2-3-4-27-12-5-16(34-10-30-18-20(25)28-9-29-21(18)34)41-15(12)8-39-43(38,44)42-13-6-17(40-14(13)7-36)35-11-31-19-22(35)32-24(26)33-23(19)37/h9-17,27,36H,2-8H2,1H3,(H,38,44)(H2,25,28,29)(H3,26,32,33,37)/t12-,13-,14+,15+,16+,17+,43?/m0/s1. The molecule has 0 amide bonds. The number of aliphatic hydroxyl groups is 1. The molecule has 1 unspecified atom stereocenters. The molecule has 18 nitrogen and oxygen atoms in total. The number of imidazole rings is 2. The highest BCUT2D eigenvalue weighted by molar-refractivity contribution is 8.07. The van der Waals surface area contributed by atoms with E-state index in [2.05, 4.69) is 42.1 Å².